The first-order chi connectivity index (χ1) is 11.2. The third kappa shape index (κ3) is 6.25. The Balaban J connectivity index is 0.000000464. The summed E-state index contributed by atoms with van der Waals surface area (Å²) in [7, 11) is 0. The van der Waals surface area contributed by atoms with Crippen molar-refractivity contribution < 1.29 is 35.1 Å². The molecule has 0 aliphatic rings. The van der Waals surface area contributed by atoms with Gasteiger partial charge in [-0.3, -0.25) is 0 Å². The fourth-order valence-electron chi connectivity index (χ4n) is 1.45. The number of anilines is 2. The predicted octanol–water partition coefficient (Wildman–Crippen LogP) is 6.14. The highest BCUT2D eigenvalue weighted by molar-refractivity contribution is 6.33. The van der Waals surface area contributed by atoms with Gasteiger partial charge in [-0.2, -0.15) is 26.3 Å². The van der Waals surface area contributed by atoms with E-state index in [2.05, 4.69) is 0 Å². The second-order valence-electron chi connectivity index (χ2n) is 4.59. The summed E-state index contributed by atoms with van der Waals surface area (Å²) < 4.78 is 96.9. The highest BCUT2D eigenvalue weighted by Crippen LogP contribution is 2.34. The molecule has 2 nitrogen and oxygen atoms in total. The van der Waals surface area contributed by atoms with Crippen LogP contribution in [-0.2, 0) is 12.4 Å². The molecule has 0 bridgehead atoms. The van der Waals surface area contributed by atoms with E-state index in [-0.39, 0.29) is 13.1 Å². The zero-order chi connectivity index (χ0) is 19.6. The summed E-state index contributed by atoms with van der Waals surface area (Å²) in [6, 6.07) is 2.88. The summed E-state index contributed by atoms with van der Waals surface area (Å²) in [6.07, 6.45) is -9.13. The van der Waals surface area contributed by atoms with Crippen LogP contribution in [-0.4, -0.2) is 0 Å². The Labute approximate surface area is 148 Å². The maximum absolute atomic E-state index is 12.7. The average Bonchev–Trinajstić information content (AvgIpc) is 2.45. The molecule has 0 aliphatic carbocycles. The van der Waals surface area contributed by atoms with Gasteiger partial charge >= 0.3 is 12.4 Å². The van der Waals surface area contributed by atoms with Crippen LogP contribution in [0.15, 0.2) is 30.3 Å². The highest BCUT2D eigenvalue weighted by atomic mass is 35.5. The number of halogens is 9. The van der Waals surface area contributed by atoms with Crippen LogP contribution in [0, 0.1) is 11.6 Å². The van der Waals surface area contributed by atoms with Crippen molar-refractivity contribution in [3.05, 3.63) is 58.1 Å². The van der Waals surface area contributed by atoms with Crippen LogP contribution in [0.3, 0.4) is 0 Å². The summed E-state index contributed by atoms with van der Waals surface area (Å²) in [4.78, 5) is 0. The molecule has 26 heavy (non-hydrogen) atoms. The van der Waals surface area contributed by atoms with E-state index < -0.39 is 45.8 Å². The molecule has 0 fully saturated rings. The van der Waals surface area contributed by atoms with Crippen LogP contribution in [0.1, 0.15) is 18.6 Å². The van der Waals surface area contributed by atoms with Gasteiger partial charge in [-0.15, -0.1) is 0 Å². The molecule has 4 N–H and O–H groups in total. The summed E-state index contributed by atoms with van der Waals surface area (Å²) in [5.74, 6) is -2.22. The molecule has 0 aliphatic heterocycles. The quantitative estimate of drug-likeness (QED) is 0.406. The normalized spacial score (nSPS) is 11.3. The Morgan fingerprint density at radius 3 is 1.58 bits per heavy atom. The number of hydrogen-bond donors (Lipinski definition) is 2. The minimum atomic E-state index is -4.61. The molecule has 0 saturated carbocycles. The maximum atomic E-state index is 12.7. The number of benzene rings is 2. The van der Waals surface area contributed by atoms with Gasteiger partial charge in [0.2, 0.25) is 0 Å². The van der Waals surface area contributed by atoms with Crippen molar-refractivity contribution in [2.75, 3.05) is 11.5 Å². The van der Waals surface area contributed by atoms with Gasteiger partial charge < -0.3 is 11.5 Å². The van der Waals surface area contributed by atoms with E-state index in [0.717, 1.165) is 12.1 Å². The van der Waals surface area contributed by atoms with Crippen molar-refractivity contribution in [2.45, 2.75) is 19.8 Å². The Kier molecular flexibility index (Phi) is 7.71. The molecule has 2 aromatic rings. The van der Waals surface area contributed by atoms with Crippen molar-refractivity contribution in [3.63, 3.8) is 0 Å². The van der Waals surface area contributed by atoms with E-state index in [4.69, 9.17) is 23.1 Å². The lowest BCUT2D eigenvalue weighted by Gasteiger charge is -2.08. The minimum absolute atomic E-state index is 0. The zero-order valence-electron chi connectivity index (χ0n) is 11.9. The summed E-state index contributed by atoms with van der Waals surface area (Å²) in [5, 5.41) is -0.438. The second-order valence-corrected chi connectivity index (χ2v) is 4.99. The van der Waals surface area contributed by atoms with Crippen LogP contribution in [0.5, 0.6) is 0 Å². The molecular formula is C15H13ClF8N2. The topological polar surface area (TPSA) is 52.0 Å². The SMILES string of the molecule is C.Nc1c(F)cc(C(F)(F)F)cc1Cl.Nc1ccc(C(F)(F)F)cc1F. The lowest BCUT2D eigenvalue weighted by atomic mass is 10.2. The number of alkyl halides is 6. The van der Waals surface area contributed by atoms with Crippen molar-refractivity contribution in [3.8, 4) is 0 Å². The molecule has 0 heterocycles. The first-order valence-electron chi connectivity index (χ1n) is 6.17. The fraction of sp³-hybridized carbons (Fsp3) is 0.200. The Morgan fingerprint density at radius 1 is 0.731 bits per heavy atom. The number of hydrogen-bond acceptors (Lipinski definition) is 2. The molecular weight excluding hydrogens is 396 g/mol. The molecule has 2 rings (SSSR count). The smallest absolute Gasteiger partial charge is 0.396 e. The monoisotopic (exact) mass is 408 g/mol. The van der Waals surface area contributed by atoms with Crippen LogP contribution in [0.2, 0.25) is 5.02 Å². The Morgan fingerprint density at radius 2 is 1.19 bits per heavy atom. The largest absolute Gasteiger partial charge is 0.416 e. The molecule has 0 aromatic heterocycles. The molecule has 146 valence electrons. The molecule has 0 saturated heterocycles. The van der Waals surface area contributed by atoms with E-state index in [9.17, 15) is 35.1 Å². The van der Waals surface area contributed by atoms with Gasteiger partial charge in [-0.25, -0.2) is 8.78 Å². The number of nitrogen functional groups attached to an aromatic ring is 2. The first-order valence-corrected chi connectivity index (χ1v) is 6.55. The van der Waals surface area contributed by atoms with E-state index in [0.29, 0.717) is 18.2 Å². The lowest BCUT2D eigenvalue weighted by molar-refractivity contribution is -0.138. The van der Waals surface area contributed by atoms with Crippen LogP contribution in [0.4, 0.5) is 46.5 Å². The molecule has 0 amide bonds. The molecule has 0 radical (unpaired) electrons. The average molecular weight is 409 g/mol. The maximum Gasteiger partial charge on any atom is 0.416 e. The van der Waals surface area contributed by atoms with Crippen molar-refractivity contribution in [1.29, 1.82) is 0 Å². The van der Waals surface area contributed by atoms with Crippen molar-refractivity contribution in [1.82, 2.24) is 0 Å². The van der Waals surface area contributed by atoms with Crippen LogP contribution < -0.4 is 11.5 Å². The van der Waals surface area contributed by atoms with E-state index in [1.54, 1.807) is 0 Å². The van der Waals surface area contributed by atoms with Gasteiger partial charge in [0.25, 0.3) is 0 Å². The molecule has 0 unspecified atom stereocenters. The van der Waals surface area contributed by atoms with Crippen LogP contribution in [0.25, 0.3) is 0 Å². The molecule has 0 spiro atoms. The number of rotatable bonds is 0. The molecule has 2 aromatic carbocycles. The molecule has 0 atom stereocenters. The second kappa shape index (κ2) is 8.43. The van der Waals surface area contributed by atoms with Gasteiger partial charge in [0.1, 0.15) is 11.6 Å². The first kappa shape index (κ1) is 23.8. The van der Waals surface area contributed by atoms with Crippen molar-refractivity contribution >= 4 is 23.0 Å². The standard InChI is InChI=1S/C7H4ClF4N.C7H5F4N.CH4/c8-4-1-3(7(10,11)12)2-5(9)6(4)13;8-5-3-4(7(9,10)11)1-2-6(5)12;/h1-2H,13H2;1-3H,12H2;1H4. The Bertz CT molecular complexity index is 733. The fourth-order valence-corrected chi connectivity index (χ4v) is 1.66. The third-order valence-electron chi connectivity index (χ3n) is 2.73. The van der Waals surface area contributed by atoms with Crippen molar-refractivity contribution in [2.24, 2.45) is 0 Å². The molecule has 11 heteroatoms. The van der Waals surface area contributed by atoms with Crippen LogP contribution >= 0.6 is 11.6 Å². The van der Waals surface area contributed by atoms with E-state index in [1.807, 2.05) is 0 Å². The lowest BCUT2D eigenvalue weighted by Crippen LogP contribution is -2.06. The van der Waals surface area contributed by atoms with Gasteiger partial charge in [0.15, 0.2) is 0 Å². The highest BCUT2D eigenvalue weighted by Gasteiger charge is 2.32. The summed E-state index contributed by atoms with van der Waals surface area (Å²) in [6.45, 7) is 0. The van der Waals surface area contributed by atoms with Gasteiger partial charge in [-0.05, 0) is 30.3 Å². The summed E-state index contributed by atoms with van der Waals surface area (Å²) >= 11 is 5.26. The summed E-state index contributed by atoms with van der Waals surface area (Å²) in [5.41, 5.74) is 7.06. The van der Waals surface area contributed by atoms with Gasteiger partial charge in [0, 0.05) is 0 Å². The van der Waals surface area contributed by atoms with Gasteiger partial charge in [-0.1, -0.05) is 19.0 Å². The minimum Gasteiger partial charge on any atom is -0.396 e. The number of nitrogens with two attached hydrogens (primary N) is 2. The van der Waals surface area contributed by atoms with Gasteiger partial charge in [0.05, 0.1) is 27.5 Å². The van der Waals surface area contributed by atoms with E-state index in [1.165, 1.54) is 0 Å². The Hall–Kier alpha value is -2.23. The third-order valence-corrected chi connectivity index (χ3v) is 3.05. The predicted molar refractivity (Wildman–Crippen MR) is 83.4 cm³/mol. The zero-order valence-corrected chi connectivity index (χ0v) is 12.7. The van der Waals surface area contributed by atoms with E-state index >= 15 is 0 Å².